The summed E-state index contributed by atoms with van der Waals surface area (Å²) in [6.45, 7) is 6.36. The predicted molar refractivity (Wildman–Crippen MR) is 139 cm³/mol. The Hall–Kier alpha value is -2.97. The molecule has 4 atom stereocenters. The van der Waals surface area contributed by atoms with Crippen molar-refractivity contribution in [2.75, 3.05) is 5.73 Å². The van der Waals surface area contributed by atoms with Gasteiger partial charge in [-0.3, -0.25) is 0 Å². The van der Waals surface area contributed by atoms with Crippen LogP contribution in [0.5, 0.6) is 0 Å². The summed E-state index contributed by atoms with van der Waals surface area (Å²) in [7, 11) is 0. The van der Waals surface area contributed by atoms with Crippen LogP contribution >= 0.6 is 0 Å². The Morgan fingerprint density at radius 2 is 1.92 bits per heavy atom. The molecule has 0 unspecified atom stereocenters. The topological polar surface area (TPSA) is 114 Å². The van der Waals surface area contributed by atoms with Crippen molar-refractivity contribution in [3.8, 4) is 0 Å². The number of anilines is 1. The number of nitrogens with zero attached hydrogens (tertiary/aromatic N) is 4. The zero-order chi connectivity index (χ0) is 24.9. The van der Waals surface area contributed by atoms with E-state index in [-0.39, 0.29) is 29.1 Å². The number of ether oxygens (including phenoxy) is 2. The van der Waals surface area contributed by atoms with E-state index < -0.39 is 5.79 Å². The molecule has 8 heteroatoms. The number of amidine groups is 1. The first-order valence-electron chi connectivity index (χ1n) is 13.1. The molecule has 2 saturated carbocycles. The number of benzene rings is 1. The monoisotopic (exact) mass is 486 g/mol. The van der Waals surface area contributed by atoms with Crippen LogP contribution in [-0.4, -0.2) is 38.4 Å². The number of nitrogen functional groups attached to an aromatic ring is 1. The van der Waals surface area contributed by atoms with Crippen LogP contribution in [-0.2, 0) is 21.3 Å². The number of hydrogen-bond donors (Lipinski definition) is 2. The number of nitrogens with two attached hydrogens (primary N) is 2. The third kappa shape index (κ3) is 3.03. The predicted octanol–water partition coefficient (Wildman–Crippen LogP) is 4.54. The summed E-state index contributed by atoms with van der Waals surface area (Å²) >= 11 is 0. The van der Waals surface area contributed by atoms with Gasteiger partial charge in [-0.2, -0.15) is 0 Å². The van der Waals surface area contributed by atoms with E-state index in [0.29, 0.717) is 5.82 Å². The number of aromatic nitrogens is 3. The molecule has 8 nitrogen and oxygen atoms in total. The molecule has 1 aromatic carbocycles. The Bertz CT molecular complexity index is 1410. The van der Waals surface area contributed by atoms with Gasteiger partial charge in [-0.15, -0.1) is 0 Å². The van der Waals surface area contributed by atoms with E-state index in [1.807, 2.05) is 19.9 Å². The maximum Gasteiger partial charge on any atom is 0.163 e. The number of aliphatic imine (C=N–C) groups is 1. The molecular weight excluding hydrogens is 452 g/mol. The van der Waals surface area contributed by atoms with Crippen LogP contribution in [0.3, 0.4) is 0 Å². The van der Waals surface area contributed by atoms with Gasteiger partial charge in [0.05, 0.1) is 28.6 Å². The van der Waals surface area contributed by atoms with Gasteiger partial charge in [0.2, 0.25) is 0 Å². The van der Waals surface area contributed by atoms with Crippen molar-refractivity contribution in [2.45, 2.75) is 88.7 Å². The van der Waals surface area contributed by atoms with E-state index in [1.165, 1.54) is 23.9 Å². The minimum atomic E-state index is -0.622. The lowest BCUT2D eigenvalue weighted by Gasteiger charge is -2.38. The smallest absolute Gasteiger partial charge is 0.163 e. The highest BCUT2D eigenvalue weighted by Gasteiger charge is 2.59. The van der Waals surface area contributed by atoms with Gasteiger partial charge in [-0.05, 0) is 74.6 Å². The van der Waals surface area contributed by atoms with Crippen molar-refractivity contribution >= 4 is 28.4 Å². The first-order valence-corrected chi connectivity index (χ1v) is 13.1. The number of aryl methyl sites for hydroxylation is 1. The molecule has 0 bridgehead atoms. The van der Waals surface area contributed by atoms with Crippen LogP contribution in [0.1, 0.15) is 70.0 Å². The molecule has 2 aliphatic carbocycles. The van der Waals surface area contributed by atoms with Gasteiger partial charge in [0, 0.05) is 6.20 Å². The molecule has 4 aliphatic rings. The average molecular weight is 487 g/mol. The van der Waals surface area contributed by atoms with Gasteiger partial charge >= 0.3 is 0 Å². The fraction of sp³-hybridized carbons (Fsp3) is 0.536. The van der Waals surface area contributed by atoms with Crippen LogP contribution in [0, 0.1) is 5.41 Å². The van der Waals surface area contributed by atoms with Crippen molar-refractivity contribution < 1.29 is 9.47 Å². The molecule has 2 aliphatic heterocycles. The average Bonchev–Trinajstić information content (AvgIpc) is 3.51. The Morgan fingerprint density at radius 3 is 2.69 bits per heavy atom. The number of rotatable bonds is 4. The first-order chi connectivity index (χ1) is 17.2. The van der Waals surface area contributed by atoms with Crippen molar-refractivity contribution in [3.63, 3.8) is 0 Å². The van der Waals surface area contributed by atoms with Gasteiger partial charge in [-0.1, -0.05) is 25.5 Å². The lowest BCUT2D eigenvalue weighted by Crippen LogP contribution is -2.44. The van der Waals surface area contributed by atoms with Crippen molar-refractivity contribution in [3.05, 3.63) is 47.9 Å². The third-order valence-electron chi connectivity index (χ3n) is 9.27. The van der Waals surface area contributed by atoms with E-state index in [0.717, 1.165) is 54.7 Å². The Balaban J connectivity index is 1.17. The fourth-order valence-corrected chi connectivity index (χ4v) is 7.17. The van der Waals surface area contributed by atoms with Gasteiger partial charge in [-0.25, -0.2) is 15.0 Å². The minimum absolute atomic E-state index is 0.00419. The highest BCUT2D eigenvalue weighted by Crippen LogP contribution is 2.56. The maximum absolute atomic E-state index is 6.55. The lowest BCUT2D eigenvalue weighted by molar-refractivity contribution is -0.168. The summed E-state index contributed by atoms with van der Waals surface area (Å²) in [4.78, 5) is 13.5. The standard InChI is InChI=1S/C28H34N6O2/c1-26(2)35-21-20(34-12-8-17-23(29)31-15-32-24(17)34)14-27(3,22(21)36-26)11-7-16-5-6-18-19(13-16)33-25(30)28(18)9-4-10-28/h5-6,8,12-13,15,20-22H,4,7,9-11,14H2,1-3H3,(H2,30,33)(H2,29,31,32)/t20-,21+,22+,27+/m1/s1. The highest BCUT2D eigenvalue weighted by molar-refractivity contribution is 6.00. The molecule has 4 N–H and O–H groups in total. The second kappa shape index (κ2) is 7.29. The summed E-state index contributed by atoms with van der Waals surface area (Å²) in [5.41, 5.74) is 17.0. The normalized spacial score (nSPS) is 31.4. The molecular formula is C28H34N6O2. The molecule has 36 heavy (non-hydrogen) atoms. The van der Waals surface area contributed by atoms with E-state index in [1.54, 1.807) is 0 Å². The van der Waals surface area contributed by atoms with Gasteiger partial charge in [0.15, 0.2) is 5.79 Å². The van der Waals surface area contributed by atoms with Crippen molar-refractivity contribution in [1.82, 2.24) is 14.5 Å². The minimum Gasteiger partial charge on any atom is -0.386 e. The van der Waals surface area contributed by atoms with Gasteiger partial charge in [0.25, 0.3) is 0 Å². The summed E-state index contributed by atoms with van der Waals surface area (Å²) in [5.74, 6) is 0.684. The highest BCUT2D eigenvalue weighted by atomic mass is 16.8. The molecule has 0 radical (unpaired) electrons. The van der Waals surface area contributed by atoms with E-state index in [4.69, 9.17) is 25.9 Å². The van der Waals surface area contributed by atoms with Crippen LogP contribution in [0.15, 0.2) is 41.8 Å². The largest absolute Gasteiger partial charge is 0.386 e. The van der Waals surface area contributed by atoms with Gasteiger partial charge < -0.3 is 25.5 Å². The fourth-order valence-electron chi connectivity index (χ4n) is 7.17. The molecule has 0 amide bonds. The van der Waals surface area contributed by atoms with Crippen molar-refractivity contribution in [1.29, 1.82) is 0 Å². The molecule has 2 aromatic heterocycles. The van der Waals surface area contributed by atoms with Crippen LogP contribution in [0.25, 0.3) is 11.0 Å². The molecule has 3 aromatic rings. The Labute approximate surface area is 211 Å². The summed E-state index contributed by atoms with van der Waals surface area (Å²) < 4.78 is 15.3. The molecule has 4 heterocycles. The quantitative estimate of drug-likeness (QED) is 0.560. The molecule has 1 spiro atoms. The summed E-state index contributed by atoms with van der Waals surface area (Å²) in [6, 6.07) is 8.90. The molecule has 3 fully saturated rings. The van der Waals surface area contributed by atoms with Crippen LogP contribution in [0.2, 0.25) is 0 Å². The Kier molecular flexibility index (Phi) is 4.51. The number of fused-ring (bicyclic) bond motifs is 4. The van der Waals surface area contributed by atoms with E-state index in [9.17, 15) is 0 Å². The zero-order valence-corrected chi connectivity index (χ0v) is 21.2. The lowest BCUT2D eigenvalue weighted by atomic mass is 9.64. The van der Waals surface area contributed by atoms with Crippen LogP contribution < -0.4 is 11.5 Å². The third-order valence-corrected chi connectivity index (χ3v) is 9.27. The second-order valence-electron chi connectivity index (χ2n) is 11.9. The van der Waals surface area contributed by atoms with E-state index in [2.05, 4.69) is 45.9 Å². The molecule has 7 rings (SSSR count). The summed E-state index contributed by atoms with van der Waals surface area (Å²) in [6.07, 6.45) is 9.89. The molecule has 1 saturated heterocycles. The second-order valence-corrected chi connectivity index (χ2v) is 11.9. The van der Waals surface area contributed by atoms with E-state index >= 15 is 0 Å². The maximum atomic E-state index is 6.55. The Morgan fingerprint density at radius 1 is 1.08 bits per heavy atom. The SMILES string of the molecule is CC1(C)O[C@H]2[C@H](n3ccc4c(N)ncnc43)C[C@](C)(CCc3ccc4c(c3)N=C(N)C43CCC3)[C@H]2O1. The van der Waals surface area contributed by atoms with Gasteiger partial charge in [0.1, 0.15) is 29.7 Å². The first kappa shape index (κ1) is 22.2. The zero-order valence-electron chi connectivity index (χ0n) is 21.2. The number of hydrogen-bond acceptors (Lipinski definition) is 7. The summed E-state index contributed by atoms with van der Waals surface area (Å²) in [5, 5.41) is 0.878. The van der Waals surface area contributed by atoms with Crippen LogP contribution in [0.4, 0.5) is 11.5 Å². The van der Waals surface area contributed by atoms with Crippen molar-refractivity contribution in [2.24, 2.45) is 16.1 Å². The molecule has 188 valence electrons.